The summed E-state index contributed by atoms with van der Waals surface area (Å²) in [6.45, 7) is 5.46. The SMILES string of the molecule is CCOc1ccc(COc2cccc(/C=C/C(=O)c3cccs3)c2)cc1OCC. The molecule has 0 N–H and O–H groups in total. The molecule has 1 heterocycles. The molecule has 3 aromatic rings. The minimum atomic E-state index is 0.00385. The summed E-state index contributed by atoms with van der Waals surface area (Å²) in [5.74, 6) is 2.20. The number of carbonyl (C=O) groups excluding carboxylic acids is 1. The van der Waals surface area contributed by atoms with Crippen molar-refractivity contribution >= 4 is 23.2 Å². The van der Waals surface area contributed by atoms with Gasteiger partial charge in [-0.15, -0.1) is 11.3 Å². The number of carbonyl (C=O) groups is 1. The van der Waals surface area contributed by atoms with Crippen LogP contribution in [0.4, 0.5) is 0 Å². The van der Waals surface area contributed by atoms with E-state index in [-0.39, 0.29) is 5.78 Å². The van der Waals surface area contributed by atoms with Crippen molar-refractivity contribution in [1.82, 2.24) is 0 Å². The predicted molar refractivity (Wildman–Crippen MR) is 117 cm³/mol. The van der Waals surface area contributed by atoms with Crippen molar-refractivity contribution in [1.29, 1.82) is 0 Å². The van der Waals surface area contributed by atoms with Gasteiger partial charge in [-0.2, -0.15) is 0 Å². The second kappa shape index (κ2) is 10.5. The van der Waals surface area contributed by atoms with Gasteiger partial charge in [0.1, 0.15) is 12.4 Å². The van der Waals surface area contributed by atoms with E-state index in [9.17, 15) is 4.79 Å². The lowest BCUT2D eigenvalue weighted by molar-refractivity contribution is 0.105. The van der Waals surface area contributed by atoms with E-state index in [1.54, 1.807) is 12.2 Å². The van der Waals surface area contributed by atoms with Crippen LogP contribution in [0.25, 0.3) is 6.08 Å². The van der Waals surface area contributed by atoms with E-state index in [0.717, 1.165) is 33.3 Å². The second-order valence-corrected chi connectivity index (χ2v) is 7.13. The zero-order valence-electron chi connectivity index (χ0n) is 16.6. The average molecular weight is 409 g/mol. The van der Waals surface area contributed by atoms with Gasteiger partial charge in [-0.1, -0.05) is 30.3 Å². The highest BCUT2D eigenvalue weighted by Gasteiger charge is 2.07. The van der Waals surface area contributed by atoms with Crippen LogP contribution in [0.5, 0.6) is 17.2 Å². The van der Waals surface area contributed by atoms with Crippen LogP contribution in [0.1, 0.15) is 34.6 Å². The number of hydrogen-bond acceptors (Lipinski definition) is 5. The molecule has 150 valence electrons. The van der Waals surface area contributed by atoms with Gasteiger partial charge in [0.05, 0.1) is 18.1 Å². The number of ether oxygens (including phenoxy) is 3. The van der Waals surface area contributed by atoms with E-state index >= 15 is 0 Å². The summed E-state index contributed by atoms with van der Waals surface area (Å²) in [6, 6.07) is 17.2. The summed E-state index contributed by atoms with van der Waals surface area (Å²) in [6.07, 6.45) is 3.39. The highest BCUT2D eigenvalue weighted by atomic mass is 32.1. The fourth-order valence-electron chi connectivity index (χ4n) is 2.73. The van der Waals surface area contributed by atoms with Crippen molar-refractivity contribution in [3.8, 4) is 17.2 Å². The molecule has 0 radical (unpaired) electrons. The molecule has 0 bridgehead atoms. The van der Waals surface area contributed by atoms with Gasteiger partial charge < -0.3 is 14.2 Å². The first kappa shape index (κ1) is 20.7. The van der Waals surface area contributed by atoms with E-state index < -0.39 is 0 Å². The van der Waals surface area contributed by atoms with Crippen LogP contribution < -0.4 is 14.2 Å². The molecule has 2 aromatic carbocycles. The molecule has 0 aliphatic carbocycles. The Kier molecular flexibility index (Phi) is 7.47. The summed E-state index contributed by atoms with van der Waals surface area (Å²) in [5.41, 5.74) is 1.90. The Bertz CT molecular complexity index is 961. The third-order valence-electron chi connectivity index (χ3n) is 4.06. The molecule has 0 amide bonds. The zero-order valence-corrected chi connectivity index (χ0v) is 17.4. The van der Waals surface area contributed by atoms with Gasteiger partial charge in [0.15, 0.2) is 17.3 Å². The Morgan fingerprint density at radius 3 is 2.52 bits per heavy atom. The second-order valence-electron chi connectivity index (χ2n) is 6.18. The lowest BCUT2D eigenvalue weighted by Gasteiger charge is -2.13. The summed E-state index contributed by atoms with van der Waals surface area (Å²) in [5, 5.41) is 1.90. The lowest BCUT2D eigenvalue weighted by atomic mass is 10.1. The molecule has 0 atom stereocenters. The summed E-state index contributed by atoms with van der Waals surface area (Å²) in [4.78, 5) is 12.8. The monoisotopic (exact) mass is 408 g/mol. The number of rotatable bonds is 10. The van der Waals surface area contributed by atoms with E-state index in [1.807, 2.05) is 73.8 Å². The van der Waals surface area contributed by atoms with E-state index in [1.165, 1.54) is 11.3 Å². The molecule has 29 heavy (non-hydrogen) atoms. The minimum absolute atomic E-state index is 0.00385. The average Bonchev–Trinajstić information content (AvgIpc) is 3.28. The van der Waals surface area contributed by atoms with Gasteiger partial charge in [0.2, 0.25) is 0 Å². The molecule has 5 heteroatoms. The van der Waals surface area contributed by atoms with Crippen molar-refractivity contribution in [2.45, 2.75) is 20.5 Å². The minimum Gasteiger partial charge on any atom is -0.490 e. The van der Waals surface area contributed by atoms with Gasteiger partial charge >= 0.3 is 0 Å². The van der Waals surface area contributed by atoms with Gasteiger partial charge in [-0.3, -0.25) is 4.79 Å². The number of ketones is 1. The third kappa shape index (κ3) is 5.96. The molecule has 0 saturated heterocycles. The number of thiophene rings is 1. The molecule has 4 nitrogen and oxygen atoms in total. The molecular weight excluding hydrogens is 384 g/mol. The largest absolute Gasteiger partial charge is 0.490 e. The highest BCUT2D eigenvalue weighted by molar-refractivity contribution is 7.12. The molecule has 0 saturated carbocycles. The van der Waals surface area contributed by atoms with Gasteiger partial charge in [0.25, 0.3) is 0 Å². The normalized spacial score (nSPS) is 10.8. The Morgan fingerprint density at radius 2 is 1.76 bits per heavy atom. The number of allylic oxidation sites excluding steroid dienone is 1. The molecule has 0 spiro atoms. The Morgan fingerprint density at radius 1 is 0.931 bits per heavy atom. The first-order chi connectivity index (χ1) is 14.2. The van der Waals surface area contributed by atoms with Gasteiger partial charge in [-0.25, -0.2) is 0 Å². The fourth-order valence-corrected chi connectivity index (χ4v) is 3.38. The molecule has 1 aromatic heterocycles. The van der Waals surface area contributed by atoms with Crippen LogP contribution in [-0.4, -0.2) is 19.0 Å². The first-order valence-corrected chi connectivity index (χ1v) is 10.4. The third-order valence-corrected chi connectivity index (χ3v) is 4.95. The van der Waals surface area contributed by atoms with Gasteiger partial charge in [-0.05, 0) is 66.8 Å². The van der Waals surface area contributed by atoms with Gasteiger partial charge in [0, 0.05) is 0 Å². The van der Waals surface area contributed by atoms with Crippen molar-refractivity contribution in [3.63, 3.8) is 0 Å². The number of benzene rings is 2. The van der Waals surface area contributed by atoms with Crippen molar-refractivity contribution in [2.24, 2.45) is 0 Å². The van der Waals surface area contributed by atoms with E-state index in [4.69, 9.17) is 14.2 Å². The van der Waals surface area contributed by atoms with Crippen LogP contribution in [-0.2, 0) is 6.61 Å². The zero-order chi connectivity index (χ0) is 20.5. The van der Waals surface area contributed by atoms with Crippen LogP contribution >= 0.6 is 11.3 Å². The predicted octanol–water partition coefficient (Wildman–Crippen LogP) is 6.02. The van der Waals surface area contributed by atoms with Crippen LogP contribution in [0.2, 0.25) is 0 Å². The Labute approximate surface area is 175 Å². The van der Waals surface area contributed by atoms with E-state index in [2.05, 4.69) is 0 Å². The fraction of sp³-hybridized carbons (Fsp3) is 0.208. The Hall–Kier alpha value is -3.05. The van der Waals surface area contributed by atoms with Crippen molar-refractivity contribution < 1.29 is 19.0 Å². The molecule has 0 aliphatic rings. The van der Waals surface area contributed by atoms with E-state index in [0.29, 0.717) is 19.8 Å². The maximum Gasteiger partial charge on any atom is 0.195 e. The van der Waals surface area contributed by atoms with Crippen molar-refractivity contribution in [2.75, 3.05) is 13.2 Å². The number of hydrogen-bond donors (Lipinski definition) is 0. The van der Waals surface area contributed by atoms with Crippen molar-refractivity contribution in [3.05, 3.63) is 82.1 Å². The summed E-state index contributed by atoms with van der Waals surface area (Å²) >= 11 is 1.44. The summed E-state index contributed by atoms with van der Waals surface area (Å²) < 4.78 is 17.2. The first-order valence-electron chi connectivity index (χ1n) is 9.57. The molecule has 0 fully saturated rings. The molecule has 0 unspecified atom stereocenters. The molecule has 0 aliphatic heterocycles. The Balaban J connectivity index is 1.64. The maximum atomic E-state index is 12.1. The lowest BCUT2D eigenvalue weighted by Crippen LogP contribution is -2.01. The quantitative estimate of drug-likeness (QED) is 0.304. The van der Waals surface area contributed by atoms with Crippen LogP contribution in [0.3, 0.4) is 0 Å². The maximum absolute atomic E-state index is 12.1. The van der Waals surface area contributed by atoms with Crippen LogP contribution in [0, 0.1) is 0 Å². The highest BCUT2D eigenvalue weighted by Crippen LogP contribution is 2.29. The molecule has 3 rings (SSSR count). The molecular formula is C24H24O4S. The summed E-state index contributed by atoms with van der Waals surface area (Å²) in [7, 11) is 0. The standard InChI is InChI=1S/C24H24O4S/c1-3-26-22-13-11-19(16-23(22)27-4-2)17-28-20-8-5-7-18(15-20)10-12-21(25)24-9-6-14-29-24/h5-16H,3-4,17H2,1-2H3/b12-10+. The van der Waals surface area contributed by atoms with Crippen LogP contribution in [0.15, 0.2) is 66.1 Å². The smallest absolute Gasteiger partial charge is 0.195 e. The topological polar surface area (TPSA) is 44.8 Å².